The summed E-state index contributed by atoms with van der Waals surface area (Å²) < 4.78 is 37.9. The largest absolute Gasteiger partial charge is 0.507 e. The lowest BCUT2D eigenvalue weighted by Gasteiger charge is -2.25. The van der Waals surface area contributed by atoms with Gasteiger partial charge in [0.25, 0.3) is 0 Å². The standard InChI is InChI=1S/C28H26N4O2.C2HF3O2/c29-15-23-22(21-7-4-12-31-16-21)14-24(32-28(23)30)27-25(33)8-3-9-26(27)34-17-18-10-11-19-5-1-2-6-20(19)13-18;3-2(4,5)1(6)7/h1-3,5-6,8-11,13-14,21,31,33H,4,7,12,16-17H2,(H2,30,32);(H,6,7). The number of alkyl halides is 3. The number of benzene rings is 3. The topological polar surface area (TPSA) is 141 Å². The minimum absolute atomic E-state index is 0.0559. The number of hydrogen-bond acceptors (Lipinski definition) is 7. The van der Waals surface area contributed by atoms with Gasteiger partial charge in [-0.15, -0.1) is 0 Å². The van der Waals surface area contributed by atoms with E-state index in [-0.39, 0.29) is 17.5 Å². The molecule has 8 nitrogen and oxygen atoms in total. The molecule has 41 heavy (non-hydrogen) atoms. The van der Waals surface area contributed by atoms with Crippen LogP contribution in [0.3, 0.4) is 0 Å². The normalized spacial score (nSPS) is 14.9. The molecule has 1 unspecified atom stereocenters. The van der Waals surface area contributed by atoms with Crippen LogP contribution in [0.4, 0.5) is 19.0 Å². The third-order valence-corrected chi connectivity index (χ3v) is 6.64. The fourth-order valence-electron chi connectivity index (χ4n) is 4.66. The number of nitrogens with one attached hydrogen (secondary N) is 1. The van der Waals surface area contributed by atoms with Gasteiger partial charge in [-0.3, -0.25) is 0 Å². The molecule has 212 valence electrons. The molecule has 5 N–H and O–H groups in total. The second-order valence-corrected chi connectivity index (χ2v) is 9.44. The molecule has 0 radical (unpaired) electrons. The third kappa shape index (κ3) is 7.04. The van der Waals surface area contributed by atoms with E-state index in [2.05, 4.69) is 40.6 Å². The Morgan fingerprint density at radius 1 is 1.12 bits per heavy atom. The number of anilines is 1. The smallest absolute Gasteiger partial charge is 0.490 e. The lowest BCUT2D eigenvalue weighted by Crippen LogP contribution is -2.29. The number of phenolic OH excluding ortho intramolecular Hbond substituents is 1. The molecule has 4 aromatic rings. The molecule has 0 bridgehead atoms. The Hall–Kier alpha value is -4.82. The maximum atomic E-state index is 10.8. The fourth-order valence-corrected chi connectivity index (χ4v) is 4.66. The van der Waals surface area contributed by atoms with Crippen molar-refractivity contribution < 1.29 is 32.9 Å². The number of nitrogen functional groups attached to an aromatic ring is 1. The van der Waals surface area contributed by atoms with Crippen molar-refractivity contribution >= 4 is 22.6 Å². The summed E-state index contributed by atoms with van der Waals surface area (Å²) in [5, 5.41) is 33.3. The van der Waals surface area contributed by atoms with E-state index in [1.54, 1.807) is 12.1 Å². The Morgan fingerprint density at radius 3 is 2.51 bits per heavy atom. The van der Waals surface area contributed by atoms with Gasteiger partial charge in [0.1, 0.15) is 30.0 Å². The van der Waals surface area contributed by atoms with Crippen molar-refractivity contribution in [2.45, 2.75) is 31.5 Å². The number of phenols is 1. The SMILES string of the molecule is N#Cc1c(C2CCCNC2)cc(-c2c(O)cccc2OCc2ccc3ccccc3c2)nc1N.O=C(O)C(F)(F)F. The van der Waals surface area contributed by atoms with Crippen LogP contribution in [0, 0.1) is 11.3 Å². The summed E-state index contributed by atoms with van der Waals surface area (Å²) in [5.41, 5.74) is 9.49. The summed E-state index contributed by atoms with van der Waals surface area (Å²) in [6.45, 7) is 2.09. The number of aliphatic carboxylic acids is 1. The maximum Gasteiger partial charge on any atom is 0.490 e. The van der Waals surface area contributed by atoms with Crippen LogP contribution in [0.15, 0.2) is 66.7 Å². The van der Waals surface area contributed by atoms with Crippen LogP contribution in [0.2, 0.25) is 0 Å². The second kappa shape index (κ2) is 12.6. The molecule has 0 spiro atoms. The van der Waals surface area contributed by atoms with E-state index in [0.29, 0.717) is 29.2 Å². The lowest BCUT2D eigenvalue weighted by molar-refractivity contribution is -0.192. The van der Waals surface area contributed by atoms with E-state index >= 15 is 0 Å². The quantitative estimate of drug-likeness (QED) is 0.240. The minimum atomic E-state index is -5.08. The zero-order valence-corrected chi connectivity index (χ0v) is 21.8. The van der Waals surface area contributed by atoms with Gasteiger partial charge in [-0.2, -0.15) is 18.4 Å². The number of piperidine rings is 1. The number of rotatable bonds is 5. The molecule has 0 saturated carbocycles. The van der Waals surface area contributed by atoms with E-state index in [9.17, 15) is 23.5 Å². The Labute approximate surface area is 233 Å². The molecule has 1 aliphatic rings. The molecular formula is C30H27F3N4O4. The van der Waals surface area contributed by atoms with Gasteiger partial charge < -0.3 is 26.0 Å². The van der Waals surface area contributed by atoms with Crippen molar-refractivity contribution in [1.29, 1.82) is 5.26 Å². The van der Waals surface area contributed by atoms with Crippen molar-refractivity contribution in [2.24, 2.45) is 0 Å². The van der Waals surface area contributed by atoms with Crippen molar-refractivity contribution in [3.8, 4) is 28.8 Å². The molecule has 1 fully saturated rings. The van der Waals surface area contributed by atoms with Gasteiger partial charge in [0.2, 0.25) is 0 Å². The van der Waals surface area contributed by atoms with Crippen LogP contribution in [0.1, 0.15) is 35.4 Å². The number of pyridine rings is 1. The van der Waals surface area contributed by atoms with Gasteiger partial charge in [0.05, 0.1) is 16.8 Å². The van der Waals surface area contributed by atoms with Crippen molar-refractivity contribution in [1.82, 2.24) is 10.3 Å². The summed E-state index contributed by atoms with van der Waals surface area (Å²) in [5.74, 6) is -1.85. The number of carboxylic acids is 1. The zero-order valence-electron chi connectivity index (χ0n) is 21.8. The summed E-state index contributed by atoms with van der Waals surface area (Å²) in [4.78, 5) is 13.4. The highest BCUT2D eigenvalue weighted by molar-refractivity contribution is 5.83. The number of carboxylic acid groups (broad SMARTS) is 1. The summed E-state index contributed by atoms with van der Waals surface area (Å²) in [6.07, 6.45) is -3.08. The third-order valence-electron chi connectivity index (χ3n) is 6.64. The van der Waals surface area contributed by atoms with E-state index < -0.39 is 12.1 Å². The average Bonchev–Trinajstić information content (AvgIpc) is 2.96. The molecule has 0 amide bonds. The number of nitrogens with two attached hydrogens (primary N) is 1. The van der Waals surface area contributed by atoms with Gasteiger partial charge in [-0.1, -0.05) is 42.5 Å². The highest BCUT2D eigenvalue weighted by Gasteiger charge is 2.38. The Morgan fingerprint density at radius 2 is 1.85 bits per heavy atom. The van der Waals surface area contributed by atoms with Crippen LogP contribution >= 0.6 is 0 Å². The fraction of sp³-hybridized carbons (Fsp3) is 0.233. The number of hydrogen-bond donors (Lipinski definition) is 4. The van der Waals surface area contributed by atoms with E-state index in [1.807, 2.05) is 30.3 Å². The van der Waals surface area contributed by atoms with E-state index in [4.69, 9.17) is 20.4 Å². The molecule has 5 rings (SSSR count). The average molecular weight is 565 g/mol. The molecular weight excluding hydrogens is 537 g/mol. The van der Waals surface area contributed by atoms with Crippen LogP contribution in [-0.4, -0.2) is 40.4 Å². The van der Waals surface area contributed by atoms with Crippen LogP contribution in [0.5, 0.6) is 11.5 Å². The Kier molecular flexibility index (Phi) is 8.94. The van der Waals surface area contributed by atoms with Gasteiger partial charge >= 0.3 is 12.1 Å². The Balaban J connectivity index is 0.000000493. The van der Waals surface area contributed by atoms with Gasteiger partial charge in [0.15, 0.2) is 0 Å². The van der Waals surface area contributed by atoms with Crippen molar-refractivity contribution in [3.63, 3.8) is 0 Å². The highest BCUT2D eigenvalue weighted by Crippen LogP contribution is 2.40. The first kappa shape index (κ1) is 29.2. The molecule has 2 heterocycles. The van der Waals surface area contributed by atoms with Gasteiger partial charge in [0, 0.05) is 6.54 Å². The maximum absolute atomic E-state index is 10.8. The first-order valence-corrected chi connectivity index (χ1v) is 12.7. The number of fused-ring (bicyclic) bond motifs is 1. The molecule has 3 aromatic carbocycles. The number of aromatic hydroxyl groups is 1. The monoisotopic (exact) mass is 564 g/mol. The molecule has 1 aromatic heterocycles. The van der Waals surface area contributed by atoms with E-state index in [1.165, 1.54) is 5.39 Å². The van der Waals surface area contributed by atoms with Crippen molar-refractivity contribution in [2.75, 3.05) is 18.8 Å². The number of ether oxygens (including phenoxy) is 1. The van der Waals surface area contributed by atoms with E-state index in [0.717, 1.165) is 42.4 Å². The molecule has 1 aliphatic heterocycles. The zero-order chi connectivity index (χ0) is 29.6. The Bertz CT molecular complexity index is 1600. The molecule has 1 atom stereocenters. The molecule has 0 aliphatic carbocycles. The second-order valence-electron chi connectivity index (χ2n) is 9.44. The van der Waals surface area contributed by atoms with Crippen molar-refractivity contribution in [3.05, 3.63) is 83.4 Å². The summed E-state index contributed by atoms with van der Waals surface area (Å²) >= 11 is 0. The first-order valence-electron chi connectivity index (χ1n) is 12.7. The number of aromatic nitrogens is 1. The van der Waals surface area contributed by atoms with Gasteiger partial charge in [-0.05, 0) is 71.5 Å². The van der Waals surface area contributed by atoms with Crippen LogP contribution in [-0.2, 0) is 11.4 Å². The molecule has 11 heteroatoms. The highest BCUT2D eigenvalue weighted by atomic mass is 19.4. The van der Waals surface area contributed by atoms with Gasteiger partial charge in [-0.25, -0.2) is 9.78 Å². The number of halogens is 3. The minimum Gasteiger partial charge on any atom is -0.507 e. The first-order chi connectivity index (χ1) is 19.6. The summed E-state index contributed by atoms with van der Waals surface area (Å²) in [7, 11) is 0. The number of carbonyl (C=O) groups is 1. The summed E-state index contributed by atoms with van der Waals surface area (Å²) in [6, 6.07) is 23.7. The van der Waals surface area contributed by atoms with Crippen LogP contribution < -0.4 is 15.8 Å². The number of nitrogens with zero attached hydrogens (tertiary/aromatic N) is 2. The van der Waals surface area contributed by atoms with Crippen LogP contribution in [0.25, 0.3) is 22.0 Å². The molecule has 1 saturated heterocycles. The predicted octanol–water partition coefficient (Wildman–Crippen LogP) is 5.74. The lowest BCUT2D eigenvalue weighted by atomic mass is 9.88. The predicted molar refractivity (Wildman–Crippen MR) is 147 cm³/mol. The number of nitriles is 1.